The Bertz CT molecular complexity index is 838. The molecule has 2 amide bonds. The van der Waals surface area contributed by atoms with Crippen LogP contribution in [-0.2, 0) is 29.1 Å². The van der Waals surface area contributed by atoms with Crippen LogP contribution in [0.3, 0.4) is 0 Å². The number of nitrogen functional groups attached to an aromatic ring is 1. The van der Waals surface area contributed by atoms with Crippen molar-refractivity contribution in [2.75, 3.05) is 12.3 Å². The van der Waals surface area contributed by atoms with Crippen molar-refractivity contribution in [2.24, 2.45) is 0 Å². The normalized spacial score (nSPS) is 20.0. The molecule has 2 atom stereocenters. The molecule has 0 saturated carbocycles. The first kappa shape index (κ1) is 21.2. The molecule has 0 aromatic carbocycles. The number of aromatic nitrogens is 1. The van der Waals surface area contributed by atoms with Crippen LogP contribution < -0.4 is 16.5 Å². The number of nitrogens with one attached hydrogen (secondary N) is 2. The zero-order valence-corrected chi connectivity index (χ0v) is 16.0. The topological polar surface area (TPSA) is 173 Å². The number of carbonyl (C=O) groups excluding carboxylic acids is 2. The molecule has 1 aromatic heterocycles. The van der Waals surface area contributed by atoms with Gasteiger partial charge < -0.3 is 11.1 Å². The molecule has 5 N–H and O–H groups in total. The van der Waals surface area contributed by atoms with Crippen molar-refractivity contribution >= 4 is 38.7 Å². The number of carbonyl (C=O) groups is 2. The van der Waals surface area contributed by atoms with Crippen LogP contribution in [0.1, 0.15) is 25.6 Å². The van der Waals surface area contributed by atoms with E-state index in [1.165, 1.54) is 19.9 Å². The monoisotopic (exact) mass is 421 g/mol. The molecule has 2 unspecified atom stereocenters. The molecule has 150 valence electrons. The predicted molar refractivity (Wildman–Crippen MR) is 94.0 cm³/mol. The number of thiazole rings is 1. The molecule has 1 aliphatic heterocycles. The third kappa shape index (κ3) is 4.79. The highest BCUT2D eigenvalue weighted by atomic mass is 32.3. The molecule has 0 aliphatic carbocycles. The van der Waals surface area contributed by atoms with E-state index in [0.29, 0.717) is 5.06 Å². The summed E-state index contributed by atoms with van der Waals surface area (Å²) in [6.07, 6.45) is 1.46. The molecule has 1 aromatic rings. The minimum absolute atomic E-state index is 0.104. The SMILES string of the molecule is C=CCONC(C(=O)NC1C(=O)N(OS(=O)(=O)O)C1(C)C)c1csc(N)n1. The second-order valence-corrected chi connectivity index (χ2v) is 7.89. The lowest BCUT2D eigenvalue weighted by molar-refractivity contribution is -0.219. The Labute approximate surface area is 159 Å². The molecule has 2 rings (SSSR count). The number of nitrogens with zero attached hydrogens (tertiary/aromatic N) is 2. The number of nitrogens with two attached hydrogens (primary N) is 1. The number of amides is 2. The summed E-state index contributed by atoms with van der Waals surface area (Å²) >= 11 is 1.12. The Morgan fingerprint density at radius 3 is 2.78 bits per heavy atom. The van der Waals surface area contributed by atoms with Gasteiger partial charge in [-0.1, -0.05) is 6.08 Å². The molecule has 1 aliphatic rings. The average molecular weight is 421 g/mol. The first-order valence-corrected chi connectivity index (χ1v) is 9.72. The van der Waals surface area contributed by atoms with Crippen LogP contribution in [0.15, 0.2) is 18.0 Å². The second kappa shape index (κ2) is 7.87. The fourth-order valence-corrected chi connectivity index (χ4v) is 3.36. The third-order valence-electron chi connectivity index (χ3n) is 3.63. The first-order valence-electron chi connectivity index (χ1n) is 7.48. The molecule has 27 heavy (non-hydrogen) atoms. The van der Waals surface area contributed by atoms with Gasteiger partial charge in [0.15, 0.2) is 11.2 Å². The van der Waals surface area contributed by atoms with Crippen molar-refractivity contribution in [2.45, 2.75) is 31.5 Å². The summed E-state index contributed by atoms with van der Waals surface area (Å²) < 4.78 is 34.6. The summed E-state index contributed by atoms with van der Waals surface area (Å²) in [5.41, 5.74) is 7.13. The predicted octanol–water partition coefficient (Wildman–Crippen LogP) is -0.686. The largest absolute Gasteiger partial charge is 0.418 e. The van der Waals surface area contributed by atoms with Crippen molar-refractivity contribution in [3.63, 3.8) is 0 Å². The minimum atomic E-state index is -4.88. The van der Waals surface area contributed by atoms with E-state index in [1.807, 2.05) is 0 Å². The van der Waals surface area contributed by atoms with Gasteiger partial charge in [-0.15, -0.1) is 22.2 Å². The standard InChI is InChI=1S/C13H19N5O7S2/c1-4-5-24-17-8(7-6-26-12(14)15-7)10(19)16-9-11(20)18(13(9,2)3)25-27(21,22)23/h4,6,8-9,17H,1,5H2,2-3H3,(H2,14,15)(H,16,19)(H,21,22,23). The van der Waals surface area contributed by atoms with E-state index in [-0.39, 0.29) is 17.4 Å². The van der Waals surface area contributed by atoms with Gasteiger partial charge in [-0.3, -0.25) is 19.0 Å². The molecule has 0 bridgehead atoms. The number of rotatable bonds is 9. The van der Waals surface area contributed by atoms with Crippen molar-refractivity contribution in [1.82, 2.24) is 20.8 Å². The first-order chi connectivity index (χ1) is 12.5. The lowest BCUT2D eigenvalue weighted by Gasteiger charge is -2.50. The van der Waals surface area contributed by atoms with Gasteiger partial charge in [0.1, 0.15) is 6.04 Å². The fraction of sp³-hybridized carbons (Fsp3) is 0.462. The van der Waals surface area contributed by atoms with Gasteiger partial charge in [-0.25, -0.2) is 4.98 Å². The molecule has 1 saturated heterocycles. The molecular formula is C13H19N5O7S2. The van der Waals surface area contributed by atoms with Gasteiger partial charge in [-0.05, 0) is 13.8 Å². The molecular weight excluding hydrogens is 402 g/mol. The molecule has 12 nitrogen and oxygen atoms in total. The van der Waals surface area contributed by atoms with Crippen LogP contribution in [-0.4, -0.2) is 53.0 Å². The van der Waals surface area contributed by atoms with E-state index in [0.717, 1.165) is 11.3 Å². The number of hydrogen-bond donors (Lipinski definition) is 4. The van der Waals surface area contributed by atoms with Gasteiger partial charge in [0, 0.05) is 5.38 Å². The second-order valence-electron chi connectivity index (χ2n) is 5.99. The van der Waals surface area contributed by atoms with Gasteiger partial charge in [0.05, 0.1) is 17.8 Å². The number of hydrogen-bond acceptors (Lipinski definition) is 10. The van der Waals surface area contributed by atoms with Crippen molar-refractivity contribution in [1.29, 1.82) is 0 Å². The number of β-lactam (4-membered cyclic amide) rings is 1. The Morgan fingerprint density at radius 2 is 2.30 bits per heavy atom. The summed E-state index contributed by atoms with van der Waals surface area (Å²) in [6, 6.07) is -2.19. The van der Waals surface area contributed by atoms with E-state index in [1.54, 1.807) is 5.38 Å². The maximum atomic E-state index is 12.6. The zero-order chi connectivity index (χ0) is 20.4. The number of anilines is 1. The van der Waals surface area contributed by atoms with E-state index >= 15 is 0 Å². The molecule has 0 spiro atoms. The van der Waals surface area contributed by atoms with Crippen LogP contribution >= 0.6 is 11.3 Å². The summed E-state index contributed by atoms with van der Waals surface area (Å²) in [4.78, 5) is 33.9. The third-order valence-corrected chi connectivity index (χ3v) is 4.66. The van der Waals surface area contributed by atoms with Gasteiger partial charge >= 0.3 is 10.4 Å². The van der Waals surface area contributed by atoms with Gasteiger partial charge in [0.25, 0.3) is 5.91 Å². The van der Waals surface area contributed by atoms with E-state index in [2.05, 4.69) is 26.6 Å². The molecule has 2 heterocycles. The molecule has 0 radical (unpaired) electrons. The average Bonchev–Trinajstić information content (AvgIpc) is 2.99. The Hall–Kier alpha value is -2.10. The van der Waals surface area contributed by atoms with Crippen molar-refractivity contribution in [3.8, 4) is 0 Å². The quantitative estimate of drug-likeness (QED) is 0.131. The maximum Gasteiger partial charge on any atom is 0.418 e. The lowest BCUT2D eigenvalue weighted by Crippen LogP contribution is -2.76. The van der Waals surface area contributed by atoms with Crippen LogP contribution in [0.2, 0.25) is 0 Å². The van der Waals surface area contributed by atoms with E-state index < -0.39 is 39.8 Å². The highest BCUT2D eigenvalue weighted by molar-refractivity contribution is 7.80. The van der Waals surface area contributed by atoms with Crippen molar-refractivity contribution < 1.29 is 31.7 Å². The van der Waals surface area contributed by atoms with Crippen LogP contribution in [0, 0.1) is 0 Å². The van der Waals surface area contributed by atoms with Gasteiger partial charge in [-0.2, -0.15) is 19.0 Å². The summed E-state index contributed by atoms with van der Waals surface area (Å²) in [5.74, 6) is -1.52. The summed E-state index contributed by atoms with van der Waals surface area (Å²) in [6.45, 7) is 6.48. The minimum Gasteiger partial charge on any atom is -0.375 e. The van der Waals surface area contributed by atoms with Crippen LogP contribution in [0.5, 0.6) is 0 Å². The Morgan fingerprint density at radius 1 is 1.63 bits per heavy atom. The number of hydroxylamine groups is 3. The Balaban J connectivity index is 2.12. The highest BCUT2D eigenvalue weighted by Crippen LogP contribution is 2.33. The smallest absolute Gasteiger partial charge is 0.375 e. The highest BCUT2D eigenvalue weighted by Gasteiger charge is 2.58. The fourth-order valence-electron chi connectivity index (χ4n) is 2.32. The van der Waals surface area contributed by atoms with E-state index in [4.69, 9.17) is 15.1 Å². The molecule has 14 heteroatoms. The van der Waals surface area contributed by atoms with E-state index in [9.17, 15) is 18.0 Å². The van der Waals surface area contributed by atoms with Crippen LogP contribution in [0.4, 0.5) is 5.13 Å². The molecule has 1 fully saturated rings. The summed E-state index contributed by atoms with van der Waals surface area (Å²) in [7, 11) is -4.88. The lowest BCUT2D eigenvalue weighted by atomic mass is 9.84. The zero-order valence-electron chi connectivity index (χ0n) is 14.4. The van der Waals surface area contributed by atoms with Crippen LogP contribution in [0.25, 0.3) is 0 Å². The Kier molecular flexibility index (Phi) is 6.18. The maximum absolute atomic E-state index is 12.6. The van der Waals surface area contributed by atoms with Gasteiger partial charge in [0.2, 0.25) is 5.91 Å². The van der Waals surface area contributed by atoms with Crippen molar-refractivity contribution in [3.05, 3.63) is 23.7 Å². The summed E-state index contributed by atoms with van der Waals surface area (Å²) in [5, 5.41) is 4.72.